The van der Waals surface area contributed by atoms with Gasteiger partial charge in [0.25, 0.3) is 5.91 Å². The lowest BCUT2D eigenvalue weighted by molar-refractivity contribution is 0.0977. The summed E-state index contributed by atoms with van der Waals surface area (Å²) in [6, 6.07) is 24.9. The maximum atomic E-state index is 13.3. The van der Waals surface area contributed by atoms with Gasteiger partial charge in [0, 0.05) is 16.6 Å². The third kappa shape index (κ3) is 3.91. The third-order valence-electron chi connectivity index (χ3n) is 4.93. The Hall–Kier alpha value is -4.17. The first kappa shape index (κ1) is 19.8. The van der Waals surface area contributed by atoms with Gasteiger partial charge in [0.15, 0.2) is 5.11 Å². The van der Waals surface area contributed by atoms with Crippen molar-refractivity contribution in [2.24, 2.45) is 0 Å². The van der Waals surface area contributed by atoms with Crippen molar-refractivity contribution in [2.45, 2.75) is 0 Å². The standard InChI is InChI=1S/C24H16FN5OS/c25-17-8-3-7-16(13-17)23(31)27-24(32)26-18-11-12-20-21(14-18)29-30(28-20)22-10-4-6-15-5-1-2-9-19(15)22/h1-14H,(H2,26,27,31,32). The number of carbonyl (C=O) groups excluding carboxylic acids is 1. The smallest absolute Gasteiger partial charge is 0.257 e. The van der Waals surface area contributed by atoms with Crippen LogP contribution in [0.15, 0.2) is 84.9 Å². The number of nitrogens with zero attached hydrogens (tertiary/aromatic N) is 3. The molecule has 4 aromatic carbocycles. The summed E-state index contributed by atoms with van der Waals surface area (Å²) in [5.41, 5.74) is 3.10. The highest BCUT2D eigenvalue weighted by atomic mass is 32.1. The lowest BCUT2D eigenvalue weighted by Crippen LogP contribution is -2.34. The Bertz CT molecular complexity index is 1490. The van der Waals surface area contributed by atoms with E-state index in [-0.39, 0.29) is 10.7 Å². The molecule has 32 heavy (non-hydrogen) atoms. The molecule has 156 valence electrons. The van der Waals surface area contributed by atoms with Crippen LogP contribution in [0.2, 0.25) is 0 Å². The zero-order chi connectivity index (χ0) is 22.1. The molecule has 8 heteroatoms. The third-order valence-corrected chi connectivity index (χ3v) is 5.14. The molecule has 6 nitrogen and oxygen atoms in total. The van der Waals surface area contributed by atoms with E-state index in [9.17, 15) is 9.18 Å². The van der Waals surface area contributed by atoms with Crippen LogP contribution < -0.4 is 10.6 Å². The SMILES string of the molecule is O=C(NC(=S)Nc1ccc2nn(-c3cccc4ccccc34)nc2c1)c1cccc(F)c1. The summed E-state index contributed by atoms with van der Waals surface area (Å²) >= 11 is 5.22. The number of nitrogens with one attached hydrogen (secondary N) is 2. The van der Waals surface area contributed by atoms with Crippen molar-refractivity contribution in [3.8, 4) is 5.69 Å². The Balaban J connectivity index is 1.37. The molecule has 0 bridgehead atoms. The summed E-state index contributed by atoms with van der Waals surface area (Å²) in [6.45, 7) is 0. The van der Waals surface area contributed by atoms with Gasteiger partial charge in [0.2, 0.25) is 0 Å². The van der Waals surface area contributed by atoms with Gasteiger partial charge in [0.05, 0.1) is 5.69 Å². The minimum Gasteiger partial charge on any atom is -0.332 e. The van der Waals surface area contributed by atoms with E-state index in [1.807, 2.05) is 48.5 Å². The van der Waals surface area contributed by atoms with Crippen LogP contribution in [0.4, 0.5) is 10.1 Å². The Morgan fingerprint density at radius 2 is 1.66 bits per heavy atom. The van der Waals surface area contributed by atoms with Gasteiger partial charge in [-0.2, -0.15) is 0 Å². The number of fused-ring (bicyclic) bond motifs is 2. The van der Waals surface area contributed by atoms with Gasteiger partial charge >= 0.3 is 0 Å². The number of hydrogen-bond acceptors (Lipinski definition) is 4. The zero-order valence-corrected chi connectivity index (χ0v) is 17.4. The summed E-state index contributed by atoms with van der Waals surface area (Å²) in [5, 5.41) is 17.0. The molecule has 0 spiro atoms. The van der Waals surface area contributed by atoms with E-state index in [1.165, 1.54) is 18.2 Å². The second kappa shape index (κ2) is 8.16. The Morgan fingerprint density at radius 1 is 0.875 bits per heavy atom. The number of halogens is 1. The van der Waals surface area contributed by atoms with Crippen LogP contribution in [0, 0.1) is 5.82 Å². The molecule has 1 amide bonds. The van der Waals surface area contributed by atoms with Crippen LogP contribution in [0.3, 0.4) is 0 Å². The van der Waals surface area contributed by atoms with Gasteiger partial charge in [-0.3, -0.25) is 10.1 Å². The van der Waals surface area contributed by atoms with Crippen molar-refractivity contribution in [1.29, 1.82) is 0 Å². The molecule has 0 unspecified atom stereocenters. The molecule has 5 rings (SSSR count). The van der Waals surface area contributed by atoms with Crippen LogP contribution in [0.5, 0.6) is 0 Å². The molecule has 0 saturated heterocycles. The molecule has 0 saturated carbocycles. The normalized spacial score (nSPS) is 10.9. The number of carbonyl (C=O) groups is 1. The Kier molecular flexibility index (Phi) is 5.04. The highest BCUT2D eigenvalue weighted by Crippen LogP contribution is 2.23. The molecule has 0 fully saturated rings. The maximum absolute atomic E-state index is 13.3. The average molecular weight is 441 g/mol. The lowest BCUT2D eigenvalue weighted by atomic mass is 10.1. The lowest BCUT2D eigenvalue weighted by Gasteiger charge is -2.09. The highest BCUT2D eigenvalue weighted by molar-refractivity contribution is 7.80. The topological polar surface area (TPSA) is 71.8 Å². The quantitative estimate of drug-likeness (QED) is 0.392. The molecule has 2 N–H and O–H groups in total. The molecule has 0 radical (unpaired) electrons. The van der Waals surface area contributed by atoms with Crippen LogP contribution in [0.25, 0.3) is 27.5 Å². The van der Waals surface area contributed by atoms with Crippen LogP contribution in [-0.4, -0.2) is 26.0 Å². The van der Waals surface area contributed by atoms with Crippen molar-refractivity contribution in [3.05, 3.63) is 96.3 Å². The van der Waals surface area contributed by atoms with E-state index in [1.54, 1.807) is 16.9 Å². The van der Waals surface area contributed by atoms with Crippen LogP contribution >= 0.6 is 12.2 Å². The molecule has 0 aliphatic rings. The Labute approximate surface area is 187 Å². The van der Waals surface area contributed by atoms with Crippen molar-refractivity contribution in [3.63, 3.8) is 0 Å². The first-order chi connectivity index (χ1) is 15.6. The fourth-order valence-electron chi connectivity index (χ4n) is 3.45. The minimum atomic E-state index is -0.495. The molecular formula is C24H16FN5OS. The van der Waals surface area contributed by atoms with E-state index in [4.69, 9.17) is 12.2 Å². The van der Waals surface area contributed by atoms with Crippen LogP contribution in [0.1, 0.15) is 10.4 Å². The molecule has 0 aliphatic carbocycles. The van der Waals surface area contributed by atoms with Gasteiger partial charge in [0.1, 0.15) is 16.9 Å². The van der Waals surface area contributed by atoms with Gasteiger partial charge in [-0.05, 0) is 60.1 Å². The average Bonchev–Trinajstić information content (AvgIpc) is 3.22. The maximum Gasteiger partial charge on any atom is 0.257 e. The first-order valence-corrected chi connectivity index (χ1v) is 10.2. The number of thiocarbonyl (C=S) groups is 1. The largest absolute Gasteiger partial charge is 0.332 e. The number of anilines is 1. The summed E-state index contributed by atoms with van der Waals surface area (Å²) in [7, 11) is 0. The number of hydrogen-bond donors (Lipinski definition) is 2. The van der Waals surface area contributed by atoms with Gasteiger partial charge < -0.3 is 5.32 Å². The van der Waals surface area contributed by atoms with Crippen LogP contribution in [-0.2, 0) is 0 Å². The second-order valence-electron chi connectivity index (χ2n) is 7.11. The van der Waals surface area contributed by atoms with E-state index >= 15 is 0 Å². The highest BCUT2D eigenvalue weighted by Gasteiger charge is 2.11. The van der Waals surface area contributed by atoms with Gasteiger partial charge in [-0.25, -0.2) is 4.39 Å². The summed E-state index contributed by atoms with van der Waals surface area (Å²) < 4.78 is 13.3. The van der Waals surface area contributed by atoms with Crippen molar-refractivity contribution in [1.82, 2.24) is 20.3 Å². The molecular weight excluding hydrogens is 425 g/mol. The Morgan fingerprint density at radius 3 is 2.53 bits per heavy atom. The molecule has 1 heterocycles. The summed E-state index contributed by atoms with van der Waals surface area (Å²) in [6.07, 6.45) is 0. The number of aromatic nitrogens is 3. The second-order valence-corrected chi connectivity index (χ2v) is 7.52. The van der Waals surface area contributed by atoms with Crippen molar-refractivity contribution in [2.75, 3.05) is 5.32 Å². The van der Waals surface area contributed by atoms with Gasteiger partial charge in [-0.15, -0.1) is 15.0 Å². The van der Waals surface area contributed by atoms with E-state index in [0.29, 0.717) is 11.2 Å². The fourth-order valence-corrected chi connectivity index (χ4v) is 3.66. The molecule has 1 aromatic heterocycles. The zero-order valence-electron chi connectivity index (χ0n) is 16.6. The molecule has 0 atom stereocenters. The van der Waals surface area contributed by atoms with Gasteiger partial charge in [-0.1, -0.05) is 42.5 Å². The van der Waals surface area contributed by atoms with E-state index in [2.05, 4.69) is 20.8 Å². The van der Waals surface area contributed by atoms with E-state index < -0.39 is 11.7 Å². The fraction of sp³-hybridized carbons (Fsp3) is 0. The predicted octanol–water partition coefficient (Wildman–Crippen LogP) is 4.84. The summed E-state index contributed by atoms with van der Waals surface area (Å²) in [5.74, 6) is -0.985. The minimum absolute atomic E-state index is 0.0973. The predicted molar refractivity (Wildman–Crippen MR) is 126 cm³/mol. The first-order valence-electron chi connectivity index (χ1n) is 9.80. The number of rotatable bonds is 3. The van der Waals surface area contributed by atoms with Crippen molar-refractivity contribution >= 4 is 50.7 Å². The number of amides is 1. The monoisotopic (exact) mass is 441 g/mol. The summed E-state index contributed by atoms with van der Waals surface area (Å²) in [4.78, 5) is 13.9. The molecule has 0 aliphatic heterocycles. The van der Waals surface area contributed by atoms with E-state index in [0.717, 1.165) is 28.0 Å². The number of benzene rings is 4. The van der Waals surface area contributed by atoms with Crippen molar-refractivity contribution < 1.29 is 9.18 Å². The molecule has 5 aromatic rings.